The van der Waals surface area contributed by atoms with Crippen molar-refractivity contribution in [2.45, 2.75) is 31.7 Å². The van der Waals surface area contributed by atoms with Crippen molar-refractivity contribution >= 4 is 17.6 Å². The lowest BCUT2D eigenvalue weighted by molar-refractivity contribution is -0.142. The van der Waals surface area contributed by atoms with E-state index in [-0.39, 0.29) is 5.91 Å². The number of carbonyl (C=O) groups excluding carboxylic acids is 2. The molecule has 7 heteroatoms. The highest BCUT2D eigenvalue weighted by molar-refractivity contribution is 5.98. The van der Waals surface area contributed by atoms with Gasteiger partial charge in [0.15, 0.2) is 0 Å². The fourth-order valence-electron chi connectivity index (χ4n) is 5.10. The van der Waals surface area contributed by atoms with E-state index < -0.39 is 0 Å². The van der Waals surface area contributed by atoms with Gasteiger partial charge in [-0.1, -0.05) is 0 Å². The minimum absolute atomic E-state index is 0.0600. The molecule has 0 aliphatic carbocycles. The zero-order valence-corrected chi connectivity index (χ0v) is 16.9. The van der Waals surface area contributed by atoms with Crippen LogP contribution in [0.5, 0.6) is 0 Å². The summed E-state index contributed by atoms with van der Waals surface area (Å²) in [5, 5.41) is 3.01. The van der Waals surface area contributed by atoms with Crippen molar-refractivity contribution in [1.82, 2.24) is 20.1 Å². The van der Waals surface area contributed by atoms with Gasteiger partial charge in [-0.3, -0.25) is 9.59 Å². The number of nitrogens with zero attached hydrogens (tertiary/aromatic N) is 4. The molecule has 3 aliphatic rings. The molecule has 152 valence electrons. The van der Waals surface area contributed by atoms with Gasteiger partial charge in [0.2, 0.25) is 5.91 Å². The molecule has 1 N–H and O–H groups in total. The molecule has 3 atom stereocenters. The number of amides is 2. The van der Waals surface area contributed by atoms with Crippen LogP contribution in [0, 0.1) is 11.8 Å². The maximum atomic E-state index is 12.8. The number of anilines is 1. The molecular formula is C21H31N5O2. The van der Waals surface area contributed by atoms with Crippen LogP contribution in [-0.2, 0) is 4.79 Å². The van der Waals surface area contributed by atoms with E-state index in [1.165, 1.54) is 6.42 Å². The molecule has 3 fully saturated rings. The van der Waals surface area contributed by atoms with Gasteiger partial charge in [0.25, 0.3) is 5.91 Å². The first kappa shape index (κ1) is 19.2. The number of fused-ring (bicyclic) bond motifs is 4. The first-order chi connectivity index (χ1) is 13.5. The average Bonchev–Trinajstić information content (AvgIpc) is 2.68. The quantitative estimate of drug-likeness (QED) is 0.825. The zero-order chi connectivity index (χ0) is 19.7. The summed E-state index contributed by atoms with van der Waals surface area (Å²) in [6.07, 6.45) is 5.77. The number of hydrogen-bond acceptors (Lipinski definition) is 5. The number of aromatic nitrogens is 1. The maximum Gasteiger partial charge on any atom is 0.255 e. The number of piperidine rings is 3. The molecular weight excluding hydrogens is 354 g/mol. The van der Waals surface area contributed by atoms with Gasteiger partial charge >= 0.3 is 0 Å². The third-order valence-corrected chi connectivity index (χ3v) is 6.36. The van der Waals surface area contributed by atoms with Crippen molar-refractivity contribution in [3.8, 4) is 0 Å². The standard InChI is InChI=1S/C21H31N5O2/c1-24(2)10-9-23-21(28)17-5-4-8-22-20(17)25-12-15-11-16(14-25)18-6-3-7-19(27)26(18)13-15/h4-5,8,15-16,18H,3,6-7,9-14H2,1-2H3,(H,23,28)/t15-,16-,18-/m1/s1. The van der Waals surface area contributed by atoms with Crippen LogP contribution >= 0.6 is 0 Å². The fraction of sp³-hybridized carbons (Fsp3) is 0.667. The van der Waals surface area contributed by atoms with Crippen LogP contribution in [0.1, 0.15) is 36.0 Å². The maximum absolute atomic E-state index is 12.8. The van der Waals surface area contributed by atoms with E-state index in [1.54, 1.807) is 6.20 Å². The Kier molecular flexibility index (Phi) is 5.53. The number of carbonyl (C=O) groups is 2. The van der Waals surface area contributed by atoms with E-state index in [9.17, 15) is 9.59 Å². The van der Waals surface area contributed by atoms with E-state index in [4.69, 9.17) is 0 Å². The SMILES string of the molecule is CN(C)CCNC(=O)c1cccnc1N1C[C@H]2C[C@H](C1)[C@H]1CCCC(=O)N1C2. The topological polar surface area (TPSA) is 68.8 Å². The van der Waals surface area contributed by atoms with Gasteiger partial charge in [0.1, 0.15) is 5.82 Å². The lowest BCUT2D eigenvalue weighted by Crippen LogP contribution is -2.60. The lowest BCUT2D eigenvalue weighted by atomic mass is 9.76. The molecule has 2 bridgehead atoms. The van der Waals surface area contributed by atoms with Crippen molar-refractivity contribution in [2.24, 2.45) is 11.8 Å². The van der Waals surface area contributed by atoms with Gasteiger partial charge in [-0.15, -0.1) is 0 Å². The van der Waals surface area contributed by atoms with Crippen LogP contribution in [0.25, 0.3) is 0 Å². The summed E-state index contributed by atoms with van der Waals surface area (Å²) in [5.74, 6) is 2.00. The number of likely N-dealkylation sites (N-methyl/N-ethyl adjacent to an activating group) is 1. The Labute approximate surface area is 167 Å². The number of hydrogen-bond donors (Lipinski definition) is 1. The Morgan fingerprint density at radius 3 is 3.00 bits per heavy atom. The number of nitrogens with one attached hydrogen (secondary N) is 1. The first-order valence-electron chi connectivity index (χ1n) is 10.5. The van der Waals surface area contributed by atoms with Gasteiger partial charge < -0.3 is 20.0 Å². The first-order valence-corrected chi connectivity index (χ1v) is 10.5. The smallest absolute Gasteiger partial charge is 0.255 e. The van der Waals surface area contributed by atoms with Crippen molar-refractivity contribution in [1.29, 1.82) is 0 Å². The fourth-order valence-corrected chi connectivity index (χ4v) is 5.10. The van der Waals surface area contributed by atoms with Crippen LogP contribution in [0.2, 0.25) is 0 Å². The lowest BCUT2D eigenvalue weighted by Gasteiger charge is -2.52. The summed E-state index contributed by atoms with van der Waals surface area (Å²) in [6.45, 7) is 4.01. The molecule has 2 amide bonds. The molecule has 0 saturated carbocycles. The summed E-state index contributed by atoms with van der Waals surface area (Å²) >= 11 is 0. The highest BCUT2D eigenvalue weighted by Crippen LogP contribution is 2.39. The zero-order valence-electron chi connectivity index (χ0n) is 16.9. The molecule has 3 aliphatic heterocycles. The minimum atomic E-state index is -0.0600. The molecule has 28 heavy (non-hydrogen) atoms. The van der Waals surface area contributed by atoms with E-state index >= 15 is 0 Å². The monoisotopic (exact) mass is 385 g/mol. The molecule has 0 unspecified atom stereocenters. The molecule has 7 nitrogen and oxygen atoms in total. The minimum Gasteiger partial charge on any atom is -0.355 e. The normalized spacial score (nSPS) is 27.0. The summed E-state index contributed by atoms with van der Waals surface area (Å²) in [4.78, 5) is 36.2. The summed E-state index contributed by atoms with van der Waals surface area (Å²) in [6, 6.07) is 4.06. The third kappa shape index (κ3) is 3.85. The molecule has 4 rings (SSSR count). The van der Waals surface area contributed by atoms with Crippen LogP contribution in [-0.4, -0.2) is 79.5 Å². The predicted molar refractivity (Wildman–Crippen MR) is 108 cm³/mol. The Bertz CT molecular complexity index is 737. The Balaban J connectivity index is 1.50. The number of pyridine rings is 1. The van der Waals surface area contributed by atoms with E-state index in [2.05, 4.69) is 20.1 Å². The highest BCUT2D eigenvalue weighted by Gasteiger charge is 2.44. The molecule has 0 radical (unpaired) electrons. The van der Waals surface area contributed by atoms with E-state index in [0.29, 0.717) is 42.3 Å². The second-order valence-corrected chi connectivity index (χ2v) is 8.71. The van der Waals surface area contributed by atoms with Crippen LogP contribution in [0.3, 0.4) is 0 Å². The molecule has 1 aromatic rings. The largest absolute Gasteiger partial charge is 0.355 e. The van der Waals surface area contributed by atoms with Crippen molar-refractivity contribution in [3.05, 3.63) is 23.9 Å². The second-order valence-electron chi connectivity index (χ2n) is 8.71. The van der Waals surface area contributed by atoms with Gasteiger partial charge in [-0.25, -0.2) is 4.98 Å². The van der Waals surface area contributed by atoms with Crippen LogP contribution in [0.15, 0.2) is 18.3 Å². The summed E-state index contributed by atoms with van der Waals surface area (Å²) in [5.41, 5.74) is 0.651. The molecule has 0 spiro atoms. The summed E-state index contributed by atoms with van der Waals surface area (Å²) < 4.78 is 0. The molecule has 1 aromatic heterocycles. The van der Waals surface area contributed by atoms with E-state index in [0.717, 1.165) is 44.8 Å². The predicted octanol–water partition coefficient (Wildman–Crippen LogP) is 1.21. The number of rotatable bonds is 5. The van der Waals surface area contributed by atoms with Crippen LogP contribution in [0.4, 0.5) is 5.82 Å². The van der Waals surface area contributed by atoms with E-state index in [1.807, 2.05) is 31.1 Å². The second kappa shape index (κ2) is 8.07. The Morgan fingerprint density at radius 2 is 2.18 bits per heavy atom. The van der Waals surface area contributed by atoms with Gasteiger partial charge in [0, 0.05) is 51.4 Å². The summed E-state index contributed by atoms with van der Waals surface area (Å²) in [7, 11) is 3.99. The van der Waals surface area contributed by atoms with Crippen molar-refractivity contribution < 1.29 is 9.59 Å². The van der Waals surface area contributed by atoms with Gasteiger partial charge in [-0.2, -0.15) is 0 Å². The Hall–Kier alpha value is -2.15. The van der Waals surface area contributed by atoms with Gasteiger partial charge in [0.05, 0.1) is 5.56 Å². The highest BCUT2D eigenvalue weighted by atomic mass is 16.2. The van der Waals surface area contributed by atoms with Crippen molar-refractivity contribution in [3.63, 3.8) is 0 Å². The molecule has 3 saturated heterocycles. The Morgan fingerprint density at radius 1 is 1.32 bits per heavy atom. The van der Waals surface area contributed by atoms with Crippen LogP contribution < -0.4 is 10.2 Å². The van der Waals surface area contributed by atoms with Gasteiger partial charge in [-0.05, 0) is 57.3 Å². The third-order valence-electron chi connectivity index (χ3n) is 6.36. The average molecular weight is 386 g/mol. The molecule has 0 aromatic carbocycles. The molecule has 4 heterocycles. The van der Waals surface area contributed by atoms with Crippen molar-refractivity contribution in [2.75, 3.05) is 51.7 Å².